The molecule has 1 saturated heterocycles. The topological polar surface area (TPSA) is 49.4 Å². The summed E-state index contributed by atoms with van der Waals surface area (Å²) in [7, 11) is 0. The van der Waals surface area contributed by atoms with Gasteiger partial charge < -0.3 is 10.2 Å². The number of carbonyl (C=O) groups is 2. The van der Waals surface area contributed by atoms with Crippen molar-refractivity contribution in [3.8, 4) is 0 Å². The number of amides is 2. The van der Waals surface area contributed by atoms with Gasteiger partial charge in [-0.1, -0.05) is 18.9 Å². The minimum Gasteiger partial charge on any atom is -0.335 e. The zero-order chi connectivity index (χ0) is 15.5. The maximum atomic E-state index is 12.9. The van der Waals surface area contributed by atoms with E-state index >= 15 is 0 Å². The lowest BCUT2D eigenvalue weighted by Gasteiger charge is -2.44. The predicted octanol–water partition coefficient (Wildman–Crippen LogP) is 3.44. The molecule has 1 aliphatic heterocycles. The number of rotatable bonds is 2. The second-order valence-electron chi connectivity index (χ2n) is 6.51. The number of likely N-dealkylation sites (tertiary alicyclic amines) is 1. The fourth-order valence-electron chi connectivity index (χ4n) is 3.98. The van der Waals surface area contributed by atoms with Gasteiger partial charge in [-0.2, -0.15) is 0 Å². The van der Waals surface area contributed by atoms with Crippen molar-refractivity contribution in [1.29, 1.82) is 0 Å². The largest absolute Gasteiger partial charge is 0.335 e. The maximum Gasteiger partial charge on any atom is 0.254 e. The molecule has 22 heavy (non-hydrogen) atoms. The van der Waals surface area contributed by atoms with Gasteiger partial charge in [0.05, 0.1) is 0 Å². The van der Waals surface area contributed by atoms with Gasteiger partial charge in [0.2, 0.25) is 5.91 Å². The number of fused-ring (bicyclic) bond motifs is 1. The van der Waals surface area contributed by atoms with Crippen LogP contribution in [-0.2, 0) is 4.79 Å². The van der Waals surface area contributed by atoms with Crippen molar-refractivity contribution in [1.82, 2.24) is 4.90 Å². The Hall–Kier alpha value is -1.84. The van der Waals surface area contributed by atoms with Crippen molar-refractivity contribution < 1.29 is 9.59 Å². The van der Waals surface area contributed by atoms with Crippen molar-refractivity contribution >= 4 is 17.5 Å². The van der Waals surface area contributed by atoms with E-state index in [0.717, 1.165) is 19.4 Å². The van der Waals surface area contributed by atoms with E-state index < -0.39 is 0 Å². The van der Waals surface area contributed by atoms with Crippen molar-refractivity contribution in [2.45, 2.75) is 51.5 Å². The van der Waals surface area contributed by atoms with Crippen LogP contribution in [0.4, 0.5) is 5.69 Å². The molecule has 4 nitrogen and oxygen atoms in total. The van der Waals surface area contributed by atoms with E-state index in [1.165, 1.54) is 32.6 Å². The van der Waals surface area contributed by atoms with Crippen LogP contribution < -0.4 is 5.32 Å². The highest BCUT2D eigenvalue weighted by atomic mass is 16.2. The SMILES string of the molecule is CC(=O)Nc1cccc(C(=O)N2CCC[C@H]3CCCC[C@@H]32)c1. The molecule has 1 aliphatic carbocycles. The monoisotopic (exact) mass is 300 g/mol. The van der Waals surface area contributed by atoms with E-state index in [-0.39, 0.29) is 11.8 Å². The smallest absolute Gasteiger partial charge is 0.254 e. The highest BCUT2D eigenvalue weighted by Crippen LogP contribution is 2.36. The Bertz CT molecular complexity index is 568. The van der Waals surface area contributed by atoms with Crippen molar-refractivity contribution in [2.75, 3.05) is 11.9 Å². The second-order valence-corrected chi connectivity index (χ2v) is 6.51. The van der Waals surface area contributed by atoms with Crippen LogP contribution in [0.3, 0.4) is 0 Å². The van der Waals surface area contributed by atoms with Gasteiger partial charge in [-0.15, -0.1) is 0 Å². The third kappa shape index (κ3) is 3.16. The third-order valence-electron chi connectivity index (χ3n) is 4.93. The summed E-state index contributed by atoms with van der Waals surface area (Å²) >= 11 is 0. The molecule has 0 radical (unpaired) electrons. The number of nitrogens with zero attached hydrogens (tertiary/aromatic N) is 1. The van der Waals surface area contributed by atoms with E-state index in [9.17, 15) is 9.59 Å². The Morgan fingerprint density at radius 1 is 1.14 bits per heavy atom. The van der Waals surface area contributed by atoms with Gasteiger partial charge in [-0.05, 0) is 49.8 Å². The number of hydrogen-bond acceptors (Lipinski definition) is 2. The van der Waals surface area contributed by atoms with E-state index in [2.05, 4.69) is 10.2 Å². The van der Waals surface area contributed by atoms with Gasteiger partial charge in [0.15, 0.2) is 0 Å². The number of hydrogen-bond donors (Lipinski definition) is 1. The first-order valence-electron chi connectivity index (χ1n) is 8.34. The maximum absolute atomic E-state index is 12.9. The fraction of sp³-hybridized carbons (Fsp3) is 0.556. The van der Waals surface area contributed by atoms with Crippen molar-refractivity contribution in [3.05, 3.63) is 29.8 Å². The van der Waals surface area contributed by atoms with Crippen LogP contribution in [-0.4, -0.2) is 29.3 Å². The fourth-order valence-corrected chi connectivity index (χ4v) is 3.98. The summed E-state index contributed by atoms with van der Waals surface area (Å²) in [6, 6.07) is 7.70. The van der Waals surface area contributed by atoms with E-state index in [1.54, 1.807) is 6.07 Å². The minimum absolute atomic E-state index is 0.115. The van der Waals surface area contributed by atoms with Gasteiger partial charge in [0, 0.05) is 30.8 Å². The second kappa shape index (κ2) is 6.51. The van der Waals surface area contributed by atoms with Gasteiger partial charge in [-0.25, -0.2) is 0 Å². The third-order valence-corrected chi connectivity index (χ3v) is 4.93. The summed E-state index contributed by atoms with van der Waals surface area (Å²) in [5, 5.41) is 2.75. The predicted molar refractivity (Wildman–Crippen MR) is 86.8 cm³/mol. The Kier molecular flexibility index (Phi) is 4.46. The molecular weight excluding hydrogens is 276 g/mol. The summed E-state index contributed by atoms with van der Waals surface area (Å²) < 4.78 is 0. The molecule has 1 aromatic rings. The number of nitrogens with one attached hydrogen (secondary N) is 1. The van der Waals surface area contributed by atoms with Crippen LogP contribution in [0.25, 0.3) is 0 Å². The normalized spacial score (nSPS) is 24.5. The molecule has 0 bridgehead atoms. The minimum atomic E-state index is -0.116. The lowest BCUT2D eigenvalue weighted by Crippen LogP contribution is -2.49. The van der Waals surface area contributed by atoms with Crippen LogP contribution in [0.1, 0.15) is 55.8 Å². The molecule has 4 heteroatoms. The summed E-state index contributed by atoms with van der Waals surface area (Å²) in [4.78, 5) is 26.2. The summed E-state index contributed by atoms with van der Waals surface area (Å²) in [6.07, 6.45) is 7.32. The molecule has 1 N–H and O–H groups in total. The number of piperidine rings is 1. The molecule has 1 heterocycles. The number of benzene rings is 1. The van der Waals surface area contributed by atoms with E-state index in [1.807, 2.05) is 18.2 Å². The number of carbonyl (C=O) groups excluding carboxylic acids is 2. The Balaban J connectivity index is 1.79. The average Bonchev–Trinajstić information content (AvgIpc) is 2.53. The highest BCUT2D eigenvalue weighted by molar-refractivity contribution is 5.97. The summed E-state index contributed by atoms with van der Waals surface area (Å²) in [5.74, 6) is 0.684. The molecule has 118 valence electrons. The molecule has 2 amide bonds. The molecule has 1 aromatic carbocycles. The summed E-state index contributed by atoms with van der Waals surface area (Å²) in [6.45, 7) is 2.34. The first-order chi connectivity index (χ1) is 10.6. The number of anilines is 1. The first-order valence-corrected chi connectivity index (χ1v) is 8.34. The Labute approximate surface area is 131 Å². The van der Waals surface area contributed by atoms with E-state index in [4.69, 9.17) is 0 Å². The lowest BCUT2D eigenvalue weighted by atomic mass is 9.78. The van der Waals surface area contributed by atoms with Gasteiger partial charge >= 0.3 is 0 Å². The summed E-state index contributed by atoms with van der Waals surface area (Å²) in [5.41, 5.74) is 1.37. The van der Waals surface area contributed by atoms with Crippen LogP contribution in [0.5, 0.6) is 0 Å². The first kappa shape index (κ1) is 15.1. The van der Waals surface area contributed by atoms with Crippen molar-refractivity contribution in [2.24, 2.45) is 5.92 Å². The molecule has 0 unspecified atom stereocenters. The van der Waals surface area contributed by atoms with Crippen LogP contribution >= 0.6 is 0 Å². The lowest BCUT2D eigenvalue weighted by molar-refractivity contribution is -0.114. The zero-order valence-electron chi connectivity index (χ0n) is 13.2. The van der Waals surface area contributed by atoms with Gasteiger partial charge in [0.1, 0.15) is 0 Å². The molecular formula is C18H24N2O2. The van der Waals surface area contributed by atoms with Crippen LogP contribution in [0.2, 0.25) is 0 Å². The van der Waals surface area contributed by atoms with E-state index in [0.29, 0.717) is 23.2 Å². The highest BCUT2D eigenvalue weighted by Gasteiger charge is 2.35. The quantitative estimate of drug-likeness (QED) is 0.909. The Morgan fingerprint density at radius 2 is 1.91 bits per heavy atom. The molecule has 1 saturated carbocycles. The molecule has 2 atom stereocenters. The molecule has 0 spiro atoms. The molecule has 0 aromatic heterocycles. The van der Waals surface area contributed by atoms with Crippen LogP contribution in [0, 0.1) is 5.92 Å². The van der Waals surface area contributed by atoms with Gasteiger partial charge in [0.25, 0.3) is 5.91 Å². The Morgan fingerprint density at radius 3 is 2.73 bits per heavy atom. The standard InChI is InChI=1S/C18H24N2O2/c1-13(21)19-16-9-4-7-15(12-16)18(22)20-11-5-8-14-6-2-3-10-17(14)20/h4,7,9,12,14,17H,2-3,5-6,8,10-11H2,1H3,(H,19,21)/t14-,17+/m1/s1. The zero-order valence-corrected chi connectivity index (χ0v) is 13.2. The van der Waals surface area contributed by atoms with Crippen LogP contribution in [0.15, 0.2) is 24.3 Å². The molecule has 3 rings (SSSR count). The molecule has 2 aliphatic rings. The average molecular weight is 300 g/mol. The van der Waals surface area contributed by atoms with Gasteiger partial charge in [-0.3, -0.25) is 9.59 Å². The molecule has 2 fully saturated rings. The van der Waals surface area contributed by atoms with Crippen molar-refractivity contribution in [3.63, 3.8) is 0 Å².